The van der Waals surface area contributed by atoms with Crippen LogP contribution >= 0.6 is 0 Å². The third-order valence-corrected chi connectivity index (χ3v) is 4.60. The zero-order valence-electron chi connectivity index (χ0n) is 12.8. The van der Waals surface area contributed by atoms with Crippen molar-refractivity contribution in [1.29, 1.82) is 0 Å². The van der Waals surface area contributed by atoms with Gasteiger partial charge in [-0.15, -0.1) is 0 Å². The first-order valence-electron chi connectivity index (χ1n) is 7.73. The SMILES string of the molecule is Cc1ccc2[nH]c(C(=O)NCC3CCNCC3)cc2c1C. The van der Waals surface area contributed by atoms with Crippen molar-refractivity contribution in [2.45, 2.75) is 26.7 Å². The lowest BCUT2D eigenvalue weighted by molar-refractivity contribution is 0.0940. The minimum atomic E-state index is 0.00165. The second kappa shape index (κ2) is 5.90. The fraction of sp³-hybridized carbons (Fsp3) is 0.471. The molecule has 1 aliphatic rings. The number of H-pyrrole nitrogens is 1. The van der Waals surface area contributed by atoms with Crippen LogP contribution in [0.4, 0.5) is 0 Å². The largest absolute Gasteiger partial charge is 0.351 e. The topological polar surface area (TPSA) is 56.9 Å². The molecule has 3 N–H and O–H groups in total. The highest BCUT2D eigenvalue weighted by molar-refractivity contribution is 5.99. The molecular formula is C17H23N3O. The van der Waals surface area contributed by atoms with E-state index in [0.717, 1.165) is 43.4 Å². The van der Waals surface area contributed by atoms with Crippen LogP contribution in [0.15, 0.2) is 18.2 Å². The summed E-state index contributed by atoms with van der Waals surface area (Å²) in [5.74, 6) is 0.602. The molecule has 21 heavy (non-hydrogen) atoms. The first-order chi connectivity index (χ1) is 10.1. The second-order valence-corrected chi connectivity index (χ2v) is 6.06. The van der Waals surface area contributed by atoms with Crippen LogP contribution in [-0.4, -0.2) is 30.5 Å². The van der Waals surface area contributed by atoms with Gasteiger partial charge in [0.05, 0.1) is 0 Å². The van der Waals surface area contributed by atoms with Gasteiger partial charge in [-0.3, -0.25) is 4.79 Å². The van der Waals surface area contributed by atoms with Crippen molar-refractivity contribution < 1.29 is 4.79 Å². The molecule has 0 saturated carbocycles. The van der Waals surface area contributed by atoms with Gasteiger partial charge in [0, 0.05) is 17.4 Å². The van der Waals surface area contributed by atoms with Gasteiger partial charge in [-0.1, -0.05) is 6.07 Å². The molecule has 0 spiro atoms. The summed E-state index contributed by atoms with van der Waals surface area (Å²) in [6.45, 7) is 7.09. The Hall–Kier alpha value is -1.81. The van der Waals surface area contributed by atoms with Gasteiger partial charge in [-0.2, -0.15) is 0 Å². The normalized spacial score (nSPS) is 16.3. The summed E-state index contributed by atoms with van der Waals surface area (Å²) >= 11 is 0. The third kappa shape index (κ3) is 2.95. The van der Waals surface area contributed by atoms with Gasteiger partial charge in [0.1, 0.15) is 5.69 Å². The molecule has 1 aliphatic heterocycles. The maximum atomic E-state index is 12.3. The van der Waals surface area contributed by atoms with Crippen LogP contribution in [-0.2, 0) is 0 Å². The highest BCUT2D eigenvalue weighted by Crippen LogP contribution is 2.22. The number of fused-ring (bicyclic) bond motifs is 1. The molecular weight excluding hydrogens is 262 g/mol. The number of hydrogen-bond donors (Lipinski definition) is 3. The Morgan fingerprint density at radius 1 is 1.29 bits per heavy atom. The summed E-state index contributed by atoms with van der Waals surface area (Å²) in [6, 6.07) is 6.10. The minimum Gasteiger partial charge on any atom is -0.351 e. The maximum Gasteiger partial charge on any atom is 0.267 e. The molecule has 4 nitrogen and oxygen atoms in total. The number of carbonyl (C=O) groups is 1. The predicted octanol–water partition coefficient (Wildman–Crippen LogP) is 2.51. The predicted molar refractivity (Wildman–Crippen MR) is 85.7 cm³/mol. The van der Waals surface area contributed by atoms with E-state index in [1.54, 1.807) is 0 Å². The van der Waals surface area contributed by atoms with Crippen molar-refractivity contribution in [1.82, 2.24) is 15.6 Å². The molecule has 1 saturated heterocycles. The lowest BCUT2D eigenvalue weighted by atomic mass is 9.98. The van der Waals surface area contributed by atoms with E-state index < -0.39 is 0 Å². The first-order valence-corrected chi connectivity index (χ1v) is 7.73. The Morgan fingerprint density at radius 2 is 2.05 bits per heavy atom. The fourth-order valence-corrected chi connectivity index (χ4v) is 3.00. The van der Waals surface area contributed by atoms with Gasteiger partial charge >= 0.3 is 0 Å². The van der Waals surface area contributed by atoms with Crippen LogP contribution in [0.1, 0.15) is 34.5 Å². The van der Waals surface area contributed by atoms with E-state index in [-0.39, 0.29) is 5.91 Å². The lowest BCUT2D eigenvalue weighted by Gasteiger charge is -2.22. The summed E-state index contributed by atoms with van der Waals surface area (Å²) < 4.78 is 0. The molecule has 1 amide bonds. The third-order valence-electron chi connectivity index (χ3n) is 4.60. The fourth-order valence-electron chi connectivity index (χ4n) is 3.00. The Kier molecular flexibility index (Phi) is 3.97. The Morgan fingerprint density at radius 3 is 2.81 bits per heavy atom. The van der Waals surface area contributed by atoms with Crippen molar-refractivity contribution >= 4 is 16.8 Å². The van der Waals surface area contributed by atoms with Crippen LogP contribution in [0.3, 0.4) is 0 Å². The molecule has 3 rings (SSSR count). The zero-order chi connectivity index (χ0) is 14.8. The number of benzene rings is 1. The van der Waals surface area contributed by atoms with Gasteiger partial charge in [0.2, 0.25) is 0 Å². The van der Waals surface area contributed by atoms with Gasteiger partial charge in [-0.25, -0.2) is 0 Å². The van der Waals surface area contributed by atoms with Crippen LogP contribution in [0, 0.1) is 19.8 Å². The Labute approximate surface area is 125 Å². The van der Waals surface area contributed by atoms with E-state index in [9.17, 15) is 4.79 Å². The van der Waals surface area contributed by atoms with Crippen molar-refractivity contribution in [3.63, 3.8) is 0 Å². The summed E-state index contributed by atoms with van der Waals surface area (Å²) in [5, 5.41) is 7.55. The van der Waals surface area contributed by atoms with E-state index in [1.807, 2.05) is 12.1 Å². The Balaban J connectivity index is 1.71. The molecule has 1 aromatic carbocycles. The molecule has 1 fully saturated rings. The summed E-state index contributed by atoms with van der Waals surface area (Å²) in [5.41, 5.74) is 4.18. The summed E-state index contributed by atoms with van der Waals surface area (Å²) in [7, 11) is 0. The number of piperidine rings is 1. The maximum absolute atomic E-state index is 12.3. The average Bonchev–Trinajstić information content (AvgIpc) is 2.95. The van der Waals surface area contributed by atoms with E-state index in [2.05, 4.69) is 35.5 Å². The molecule has 0 unspecified atom stereocenters. The van der Waals surface area contributed by atoms with E-state index in [0.29, 0.717) is 11.6 Å². The number of nitrogens with one attached hydrogen (secondary N) is 3. The molecule has 112 valence electrons. The van der Waals surface area contributed by atoms with Gasteiger partial charge in [-0.05, 0) is 69.0 Å². The molecule has 1 aromatic heterocycles. The van der Waals surface area contributed by atoms with Gasteiger partial charge < -0.3 is 15.6 Å². The standard InChI is InChI=1S/C17H23N3O/c1-11-3-4-15-14(12(11)2)9-16(20-15)17(21)19-10-13-5-7-18-8-6-13/h3-4,9,13,18,20H,5-8,10H2,1-2H3,(H,19,21). The molecule has 4 heteroatoms. The number of amides is 1. The minimum absolute atomic E-state index is 0.00165. The molecule has 2 heterocycles. The van der Waals surface area contributed by atoms with E-state index in [1.165, 1.54) is 11.1 Å². The quantitative estimate of drug-likeness (QED) is 0.811. The second-order valence-electron chi connectivity index (χ2n) is 6.06. The Bertz CT molecular complexity index is 653. The van der Waals surface area contributed by atoms with Crippen molar-refractivity contribution in [3.05, 3.63) is 35.0 Å². The number of carbonyl (C=O) groups excluding carboxylic acids is 1. The number of aromatic nitrogens is 1. The van der Waals surface area contributed by atoms with E-state index >= 15 is 0 Å². The first kappa shape index (κ1) is 14.1. The van der Waals surface area contributed by atoms with Gasteiger partial charge in [0.25, 0.3) is 5.91 Å². The van der Waals surface area contributed by atoms with Crippen molar-refractivity contribution in [2.75, 3.05) is 19.6 Å². The zero-order valence-corrected chi connectivity index (χ0v) is 12.8. The van der Waals surface area contributed by atoms with E-state index in [4.69, 9.17) is 0 Å². The van der Waals surface area contributed by atoms with Gasteiger partial charge in [0.15, 0.2) is 0 Å². The summed E-state index contributed by atoms with van der Waals surface area (Å²) in [6.07, 6.45) is 2.29. The van der Waals surface area contributed by atoms with Crippen LogP contribution in [0.2, 0.25) is 0 Å². The molecule has 0 bridgehead atoms. The van der Waals surface area contributed by atoms with Crippen LogP contribution < -0.4 is 10.6 Å². The molecule has 2 aromatic rings. The smallest absolute Gasteiger partial charge is 0.267 e. The number of rotatable bonds is 3. The number of hydrogen-bond acceptors (Lipinski definition) is 2. The van der Waals surface area contributed by atoms with Crippen molar-refractivity contribution in [3.8, 4) is 0 Å². The molecule has 0 atom stereocenters. The van der Waals surface area contributed by atoms with Crippen molar-refractivity contribution in [2.24, 2.45) is 5.92 Å². The molecule has 0 aliphatic carbocycles. The lowest BCUT2D eigenvalue weighted by Crippen LogP contribution is -2.36. The number of aromatic amines is 1. The average molecular weight is 285 g/mol. The monoisotopic (exact) mass is 285 g/mol. The van der Waals surface area contributed by atoms with Crippen LogP contribution in [0.25, 0.3) is 10.9 Å². The highest BCUT2D eigenvalue weighted by atomic mass is 16.1. The number of aryl methyl sites for hydroxylation is 2. The summed E-state index contributed by atoms with van der Waals surface area (Å²) in [4.78, 5) is 15.5. The van der Waals surface area contributed by atoms with Crippen LogP contribution in [0.5, 0.6) is 0 Å². The highest BCUT2D eigenvalue weighted by Gasteiger charge is 2.16. The molecule has 0 radical (unpaired) electrons.